The van der Waals surface area contributed by atoms with E-state index in [1.165, 1.54) is 12.5 Å². The number of nitrogens with zero attached hydrogens (tertiary/aromatic N) is 4. The smallest absolute Gasteiger partial charge is 0.224 e. The van der Waals surface area contributed by atoms with Gasteiger partial charge in [0.1, 0.15) is 10.8 Å². The van der Waals surface area contributed by atoms with Crippen molar-refractivity contribution < 1.29 is 4.52 Å². The molecule has 0 amide bonds. The SMILES string of the molecule is Clc1cc(-c2ncon2)nc(Cl)n1. The van der Waals surface area contributed by atoms with E-state index < -0.39 is 0 Å². The number of hydrogen-bond donors (Lipinski definition) is 0. The first-order valence-corrected chi connectivity index (χ1v) is 3.98. The highest BCUT2D eigenvalue weighted by atomic mass is 35.5. The normalized spacial score (nSPS) is 10.3. The average molecular weight is 217 g/mol. The first kappa shape index (κ1) is 8.40. The minimum absolute atomic E-state index is 0.0484. The molecule has 0 aromatic carbocycles. The third kappa shape index (κ3) is 1.76. The minimum atomic E-state index is 0.0484. The van der Waals surface area contributed by atoms with Gasteiger partial charge in [-0.25, -0.2) is 9.97 Å². The molecule has 0 aliphatic carbocycles. The van der Waals surface area contributed by atoms with Gasteiger partial charge in [0, 0.05) is 6.07 Å². The first-order chi connectivity index (χ1) is 6.25. The number of rotatable bonds is 1. The Kier molecular flexibility index (Phi) is 2.12. The molecule has 2 rings (SSSR count). The van der Waals surface area contributed by atoms with Crippen molar-refractivity contribution in [2.45, 2.75) is 0 Å². The highest BCUT2D eigenvalue weighted by molar-refractivity contribution is 6.32. The molecule has 66 valence electrons. The second kappa shape index (κ2) is 3.27. The number of aromatic nitrogens is 4. The zero-order valence-electron chi connectivity index (χ0n) is 6.11. The second-order valence-corrected chi connectivity index (χ2v) is 2.83. The molecule has 0 spiro atoms. The van der Waals surface area contributed by atoms with E-state index >= 15 is 0 Å². The van der Waals surface area contributed by atoms with Crippen LogP contribution in [-0.4, -0.2) is 20.1 Å². The highest BCUT2D eigenvalue weighted by Gasteiger charge is 2.07. The predicted molar refractivity (Wildman–Crippen MR) is 45.3 cm³/mol. The van der Waals surface area contributed by atoms with Crippen molar-refractivity contribution in [1.82, 2.24) is 20.1 Å². The van der Waals surface area contributed by atoms with Crippen LogP contribution in [0.25, 0.3) is 11.5 Å². The standard InChI is InChI=1S/C6H2Cl2N4O/c7-4-1-3(10-6(8)11-4)5-9-2-13-12-5/h1-2H. The molecule has 0 aliphatic heterocycles. The first-order valence-electron chi connectivity index (χ1n) is 3.22. The molecular weight excluding hydrogens is 215 g/mol. The molecule has 0 unspecified atom stereocenters. The van der Waals surface area contributed by atoms with Crippen molar-refractivity contribution in [3.8, 4) is 11.5 Å². The number of halogens is 2. The molecule has 0 saturated carbocycles. The third-order valence-electron chi connectivity index (χ3n) is 1.26. The van der Waals surface area contributed by atoms with Crippen LogP contribution in [0, 0.1) is 0 Å². The quantitative estimate of drug-likeness (QED) is 0.538. The van der Waals surface area contributed by atoms with Crippen LogP contribution in [0.15, 0.2) is 17.0 Å². The highest BCUT2D eigenvalue weighted by Crippen LogP contribution is 2.17. The van der Waals surface area contributed by atoms with Crippen LogP contribution in [0.5, 0.6) is 0 Å². The summed E-state index contributed by atoms with van der Waals surface area (Å²) in [5, 5.41) is 3.86. The average Bonchev–Trinajstić information content (AvgIpc) is 2.53. The van der Waals surface area contributed by atoms with Gasteiger partial charge in [0.2, 0.25) is 17.5 Å². The summed E-state index contributed by atoms with van der Waals surface area (Å²) in [7, 11) is 0. The molecule has 0 aliphatic rings. The summed E-state index contributed by atoms with van der Waals surface area (Å²) in [6.07, 6.45) is 1.19. The van der Waals surface area contributed by atoms with E-state index in [4.69, 9.17) is 23.2 Å². The van der Waals surface area contributed by atoms with Gasteiger partial charge in [-0.15, -0.1) is 0 Å². The Morgan fingerprint density at radius 1 is 1.23 bits per heavy atom. The summed E-state index contributed by atoms with van der Waals surface area (Å²) in [5.41, 5.74) is 0.429. The molecule has 0 fully saturated rings. The predicted octanol–water partition coefficient (Wildman–Crippen LogP) is 1.83. The molecule has 0 bridgehead atoms. The molecule has 2 aromatic heterocycles. The fourth-order valence-corrected chi connectivity index (χ4v) is 1.20. The molecule has 2 heterocycles. The molecule has 0 N–H and O–H groups in total. The second-order valence-electron chi connectivity index (χ2n) is 2.10. The van der Waals surface area contributed by atoms with Gasteiger partial charge < -0.3 is 4.52 Å². The maximum Gasteiger partial charge on any atom is 0.224 e. The van der Waals surface area contributed by atoms with Crippen LogP contribution in [0.1, 0.15) is 0 Å². The molecular formula is C6H2Cl2N4O. The topological polar surface area (TPSA) is 64.7 Å². The van der Waals surface area contributed by atoms with Crippen molar-refractivity contribution in [2.75, 3.05) is 0 Å². The zero-order valence-corrected chi connectivity index (χ0v) is 7.62. The monoisotopic (exact) mass is 216 g/mol. The Labute approximate surface area is 82.7 Å². The molecule has 0 atom stereocenters. The lowest BCUT2D eigenvalue weighted by Crippen LogP contribution is -1.89. The van der Waals surface area contributed by atoms with E-state index in [0.717, 1.165) is 0 Å². The lowest BCUT2D eigenvalue weighted by Gasteiger charge is -1.94. The van der Waals surface area contributed by atoms with Gasteiger partial charge in [-0.05, 0) is 11.6 Å². The summed E-state index contributed by atoms with van der Waals surface area (Å²) in [5.74, 6) is 0.325. The molecule has 5 nitrogen and oxygen atoms in total. The largest absolute Gasteiger partial charge is 0.342 e. The van der Waals surface area contributed by atoms with E-state index in [2.05, 4.69) is 24.6 Å². The van der Waals surface area contributed by atoms with Crippen LogP contribution >= 0.6 is 23.2 Å². The molecule has 2 aromatic rings. The maximum atomic E-state index is 5.65. The summed E-state index contributed by atoms with van der Waals surface area (Å²) in [6.45, 7) is 0. The summed E-state index contributed by atoms with van der Waals surface area (Å²) in [4.78, 5) is 11.3. The van der Waals surface area contributed by atoms with Crippen molar-refractivity contribution in [3.05, 3.63) is 22.9 Å². The van der Waals surface area contributed by atoms with Crippen LogP contribution in [-0.2, 0) is 0 Å². The zero-order chi connectivity index (χ0) is 9.26. The van der Waals surface area contributed by atoms with Crippen LogP contribution in [0.4, 0.5) is 0 Å². The van der Waals surface area contributed by atoms with Crippen molar-refractivity contribution in [2.24, 2.45) is 0 Å². The van der Waals surface area contributed by atoms with Gasteiger partial charge in [-0.2, -0.15) is 4.98 Å². The Morgan fingerprint density at radius 3 is 2.69 bits per heavy atom. The van der Waals surface area contributed by atoms with Gasteiger partial charge >= 0.3 is 0 Å². The van der Waals surface area contributed by atoms with E-state index in [9.17, 15) is 0 Å². The molecule has 7 heteroatoms. The van der Waals surface area contributed by atoms with E-state index in [1.54, 1.807) is 0 Å². The van der Waals surface area contributed by atoms with Gasteiger partial charge in [0.05, 0.1) is 0 Å². The Balaban J connectivity index is 2.53. The lowest BCUT2D eigenvalue weighted by molar-refractivity contribution is 0.418. The van der Waals surface area contributed by atoms with E-state index in [0.29, 0.717) is 11.5 Å². The van der Waals surface area contributed by atoms with Crippen molar-refractivity contribution in [3.63, 3.8) is 0 Å². The summed E-state index contributed by atoms with van der Waals surface area (Å²) >= 11 is 11.2. The summed E-state index contributed by atoms with van der Waals surface area (Å²) in [6, 6.07) is 1.50. The molecule has 13 heavy (non-hydrogen) atoms. The van der Waals surface area contributed by atoms with Crippen molar-refractivity contribution in [1.29, 1.82) is 0 Å². The van der Waals surface area contributed by atoms with E-state index in [-0.39, 0.29) is 10.4 Å². The third-order valence-corrected chi connectivity index (χ3v) is 1.62. The molecule has 0 saturated heterocycles. The van der Waals surface area contributed by atoms with Gasteiger partial charge in [0.15, 0.2) is 0 Å². The van der Waals surface area contributed by atoms with Crippen molar-refractivity contribution >= 4 is 23.2 Å². The van der Waals surface area contributed by atoms with Crippen LogP contribution < -0.4 is 0 Å². The van der Waals surface area contributed by atoms with Gasteiger partial charge in [-0.3, -0.25) is 0 Å². The molecule has 0 radical (unpaired) electrons. The van der Waals surface area contributed by atoms with Crippen LogP contribution in [0.3, 0.4) is 0 Å². The Bertz CT molecular complexity index is 396. The van der Waals surface area contributed by atoms with Gasteiger partial charge in [0.25, 0.3) is 0 Å². The Morgan fingerprint density at radius 2 is 2.08 bits per heavy atom. The minimum Gasteiger partial charge on any atom is -0.342 e. The Hall–Kier alpha value is -1.20. The van der Waals surface area contributed by atoms with Crippen LogP contribution in [0.2, 0.25) is 10.4 Å². The fraction of sp³-hybridized carbons (Fsp3) is 0. The van der Waals surface area contributed by atoms with Gasteiger partial charge in [-0.1, -0.05) is 16.8 Å². The van der Waals surface area contributed by atoms with E-state index in [1.807, 2.05) is 0 Å². The maximum absolute atomic E-state index is 5.65. The lowest BCUT2D eigenvalue weighted by atomic mass is 10.4. The summed E-state index contributed by atoms with van der Waals surface area (Å²) < 4.78 is 4.54. The number of hydrogen-bond acceptors (Lipinski definition) is 5. The fourth-order valence-electron chi connectivity index (χ4n) is 0.788.